The van der Waals surface area contributed by atoms with Crippen molar-refractivity contribution < 1.29 is 14.3 Å². The van der Waals surface area contributed by atoms with Gasteiger partial charge < -0.3 is 15.4 Å². The Balaban J connectivity index is 0.00000441. The molecule has 2 N–H and O–H groups in total. The summed E-state index contributed by atoms with van der Waals surface area (Å²) in [6.07, 6.45) is 2.79. The standard InChI is InChI=1S/C16H30N2O3.ClH/c1-11(2)21-16(20)13(4)9-18-15(19)8-12(3)14-6-5-7-17-10-14;/h11-14,17H,5-10H2,1-4H3,(H,18,19);1H. The number of ether oxygens (including phenoxy) is 1. The van der Waals surface area contributed by atoms with Crippen LogP contribution in [-0.2, 0) is 14.3 Å². The number of piperidine rings is 1. The number of amides is 1. The first-order valence-corrected chi connectivity index (χ1v) is 8.08. The topological polar surface area (TPSA) is 67.4 Å². The first kappa shape index (κ1) is 21.2. The third-order valence-electron chi connectivity index (χ3n) is 4.01. The second-order valence-corrected chi connectivity index (χ2v) is 6.48. The lowest BCUT2D eigenvalue weighted by atomic mass is 9.85. The number of rotatable bonds is 7. The molecule has 0 aromatic carbocycles. The maximum atomic E-state index is 12.0. The Morgan fingerprint density at radius 3 is 2.50 bits per heavy atom. The van der Waals surface area contributed by atoms with Gasteiger partial charge in [-0.15, -0.1) is 12.4 Å². The predicted molar refractivity (Wildman–Crippen MR) is 90.0 cm³/mol. The highest BCUT2D eigenvalue weighted by molar-refractivity contribution is 5.85. The van der Waals surface area contributed by atoms with Crippen LogP contribution in [0, 0.1) is 17.8 Å². The van der Waals surface area contributed by atoms with Gasteiger partial charge >= 0.3 is 5.97 Å². The van der Waals surface area contributed by atoms with Gasteiger partial charge in [-0.3, -0.25) is 9.59 Å². The minimum atomic E-state index is -0.303. The highest BCUT2D eigenvalue weighted by Crippen LogP contribution is 2.22. The second-order valence-electron chi connectivity index (χ2n) is 6.48. The molecule has 0 aromatic heterocycles. The number of carbonyl (C=O) groups is 2. The lowest BCUT2D eigenvalue weighted by Gasteiger charge is -2.28. The zero-order chi connectivity index (χ0) is 15.8. The summed E-state index contributed by atoms with van der Waals surface area (Å²) in [5, 5.41) is 6.23. The molecule has 3 unspecified atom stereocenters. The van der Waals surface area contributed by atoms with Crippen molar-refractivity contribution in [2.75, 3.05) is 19.6 Å². The Morgan fingerprint density at radius 2 is 1.95 bits per heavy atom. The number of hydrogen-bond acceptors (Lipinski definition) is 4. The summed E-state index contributed by atoms with van der Waals surface area (Å²) < 4.78 is 5.12. The van der Waals surface area contributed by atoms with Crippen LogP contribution >= 0.6 is 12.4 Å². The lowest BCUT2D eigenvalue weighted by molar-refractivity contribution is -0.151. The molecule has 22 heavy (non-hydrogen) atoms. The zero-order valence-electron chi connectivity index (χ0n) is 14.2. The van der Waals surface area contributed by atoms with E-state index >= 15 is 0 Å². The van der Waals surface area contributed by atoms with Crippen molar-refractivity contribution in [2.45, 2.75) is 53.1 Å². The summed E-state index contributed by atoms with van der Waals surface area (Å²) in [7, 11) is 0. The Morgan fingerprint density at radius 1 is 1.27 bits per heavy atom. The van der Waals surface area contributed by atoms with Crippen LogP contribution in [0.2, 0.25) is 0 Å². The van der Waals surface area contributed by atoms with Gasteiger partial charge in [0.05, 0.1) is 12.0 Å². The molecule has 1 rings (SSSR count). The van der Waals surface area contributed by atoms with Gasteiger partial charge in [-0.05, 0) is 51.6 Å². The van der Waals surface area contributed by atoms with E-state index in [1.807, 2.05) is 13.8 Å². The van der Waals surface area contributed by atoms with Gasteiger partial charge in [-0.2, -0.15) is 0 Å². The molecule has 5 nitrogen and oxygen atoms in total. The number of halogens is 1. The Kier molecular flexibility index (Phi) is 10.4. The van der Waals surface area contributed by atoms with E-state index in [1.165, 1.54) is 12.8 Å². The fraction of sp³-hybridized carbons (Fsp3) is 0.875. The van der Waals surface area contributed by atoms with Crippen molar-refractivity contribution in [2.24, 2.45) is 17.8 Å². The largest absolute Gasteiger partial charge is 0.463 e. The van der Waals surface area contributed by atoms with E-state index in [0.717, 1.165) is 13.1 Å². The van der Waals surface area contributed by atoms with Crippen molar-refractivity contribution >= 4 is 24.3 Å². The van der Waals surface area contributed by atoms with E-state index in [2.05, 4.69) is 17.6 Å². The van der Waals surface area contributed by atoms with Crippen LogP contribution in [0.5, 0.6) is 0 Å². The highest BCUT2D eigenvalue weighted by Gasteiger charge is 2.23. The van der Waals surface area contributed by atoms with Gasteiger partial charge in [-0.25, -0.2) is 0 Å². The summed E-state index contributed by atoms with van der Waals surface area (Å²) >= 11 is 0. The van der Waals surface area contributed by atoms with Gasteiger partial charge in [0, 0.05) is 13.0 Å². The molecular formula is C16H31ClN2O3. The van der Waals surface area contributed by atoms with Crippen LogP contribution in [0.3, 0.4) is 0 Å². The average molecular weight is 335 g/mol. The fourth-order valence-electron chi connectivity index (χ4n) is 2.59. The molecule has 0 aromatic rings. The van der Waals surface area contributed by atoms with Crippen molar-refractivity contribution in [1.82, 2.24) is 10.6 Å². The second kappa shape index (κ2) is 10.8. The molecule has 1 aliphatic heterocycles. The maximum Gasteiger partial charge on any atom is 0.310 e. The third-order valence-corrected chi connectivity index (χ3v) is 4.01. The van der Waals surface area contributed by atoms with Gasteiger partial charge in [0.25, 0.3) is 0 Å². The molecule has 0 bridgehead atoms. The van der Waals surface area contributed by atoms with E-state index in [9.17, 15) is 9.59 Å². The van der Waals surface area contributed by atoms with Gasteiger partial charge in [0.2, 0.25) is 5.91 Å². The molecule has 3 atom stereocenters. The van der Waals surface area contributed by atoms with E-state index < -0.39 is 0 Å². The minimum Gasteiger partial charge on any atom is -0.463 e. The SMILES string of the molecule is CC(C)OC(=O)C(C)CNC(=O)CC(C)C1CCCNC1.Cl. The fourth-order valence-corrected chi connectivity index (χ4v) is 2.59. The van der Waals surface area contributed by atoms with E-state index in [4.69, 9.17) is 4.74 Å². The van der Waals surface area contributed by atoms with Crippen molar-refractivity contribution in [3.05, 3.63) is 0 Å². The van der Waals surface area contributed by atoms with Crippen LogP contribution in [0.4, 0.5) is 0 Å². The van der Waals surface area contributed by atoms with E-state index in [1.54, 1.807) is 6.92 Å². The number of nitrogens with one attached hydrogen (secondary N) is 2. The predicted octanol–water partition coefficient (Wildman–Crippen LogP) is 2.14. The Labute approximate surface area is 140 Å². The maximum absolute atomic E-state index is 12.0. The van der Waals surface area contributed by atoms with Crippen LogP contribution in [-0.4, -0.2) is 37.6 Å². The van der Waals surface area contributed by atoms with Gasteiger partial charge in [-0.1, -0.05) is 13.8 Å². The summed E-state index contributed by atoms with van der Waals surface area (Å²) in [5.74, 6) is 0.415. The van der Waals surface area contributed by atoms with E-state index in [0.29, 0.717) is 24.8 Å². The minimum absolute atomic E-state index is 0. The molecule has 0 spiro atoms. The number of esters is 1. The molecule has 6 heteroatoms. The first-order valence-electron chi connectivity index (χ1n) is 8.08. The average Bonchev–Trinajstić information content (AvgIpc) is 2.44. The molecule has 0 radical (unpaired) electrons. The highest BCUT2D eigenvalue weighted by atomic mass is 35.5. The molecule has 1 aliphatic rings. The van der Waals surface area contributed by atoms with Crippen LogP contribution in [0.15, 0.2) is 0 Å². The van der Waals surface area contributed by atoms with Crippen molar-refractivity contribution in [3.63, 3.8) is 0 Å². The summed E-state index contributed by atoms with van der Waals surface area (Å²) in [6.45, 7) is 10.00. The summed E-state index contributed by atoms with van der Waals surface area (Å²) in [4.78, 5) is 23.6. The molecular weight excluding hydrogens is 304 g/mol. The molecule has 130 valence electrons. The first-order chi connectivity index (χ1) is 9.90. The Hall–Kier alpha value is -0.810. The normalized spacial score (nSPS) is 20.7. The van der Waals surface area contributed by atoms with Crippen LogP contribution in [0.1, 0.15) is 47.0 Å². The lowest BCUT2D eigenvalue weighted by Crippen LogP contribution is -2.37. The monoisotopic (exact) mass is 334 g/mol. The Bertz CT molecular complexity index is 344. The van der Waals surface area contributed by atoms with Crippen LogP contribution < -0.4 is 10.6 Å². The molecule has 1 saturated heterocycles. The van der Waals surface area contributed by atoms with E-state index in [-0.39, 0.29) is 36.3 Å². The van der Waals surface area contributed by atoms with Crippen LogP contribution in [0.25, 0.3) is 0 Å². The number of carbonyl (C=O) groups excluding carboxylic acids is 2. The van der Waals surface area contributed by atoms with Gasteiger partial charge in [0.1, 0.15) is 0 Å². The summed E-state index contributed by atoms with van der Waals surface area (Å²) in [5.41, 5.74) is 0. The zero-order valence-corrected chi connectivity index (χ0v) is 15.0. The molecule has 1 heterocycles. The molecule has 1 fully saturated rings. The third kappa shape index (κ3) is 7.99. The molecule has 0 saturated carbocycles. The smallest absolute Gasteiger partial charge is 0.310 e. The summed E-state index contributed by atoms with van der Waals surface area (Å²) in [6, 6.07) is 0. The van der Waals surface area contributed by atoms with Crippen molar-refractivity contribution in [3.8, 4) is 0 Å². The van der Waals surface area contributed by atoms with Gasteiger partial charge in [0.15, 0.2) is 0 Å². The van der Waals surface area contributed by atoms with Crippen molar-refractivity contribution in [1.29, 1.82) is 0 Å². The molecule has 0 aliphatic carbocycles. The quantitative estimate of drug-likeness (QED) is 0.700. The molecule has 1 amide bonds. The number of hydrogen-bond donors (Lipinski definition) is 2.